The van der Waals surface area contributed by atoms with Gasteiger partial charge in [-0.05, 0) is 6.42 Å². The third-order valence-corrected chi connectivity index (χ3v) is 3.65. The van der Waals surface area contributed by atoms with Gasteiger partial charge in [0.05, 0.1) is 0 Å². The molecule has 0 aromatic heterocycles. The van der Waals surface area contributed by atoms with Crippen molar-refractivity contribution in [3.05, 3.63) is 0 Å². The molecule has 82 valence electrons. The molecule has 0 N–H and O–H groups in total. The summed E-state index contributed by atoms with van der Waals surface area (Å²) in [5.41, 5.74) is 0. The summed E-state index contributed by atoms with van der Waals surface area (Å²) < 4.78 is 0. The van der Waals surface area contributed by atoms with Crippen LogP contribution in [0.15, 0.2) is 4.99 Å². The van der Waals surface area contributed by atoms with Crippen molar-refractivity contribution in [2.75, 3.05) is 12.3 Å². The molecular weight excluding hydrogens is 212 g/mol. The minimum Gasteiger partial charge on any atom is -0.290 e. The first-order chi connectivity index (χ1) is 7.24. The Balaban J connectivity index is 2.14. The number of fused-ring (bicyclic) bond motifs is 1. The Kier molecular flexibility index (Phi) is 3.09. The van der Waals surface area contributed by atoms with Crippen molar-refractivity contribution in [3.63, 3.8) is 0 Å². The van der Waals surface area contributed by atoms with E-state index in [0.717, 1.165) is 18.6 Å². The standard InChI is InChI=1S/C10H14N2O2S/c1-2-3-4-7-8(13)11-10-12(9(7)14)5-6-15-10/h7H,2-6H2,1H3. The highest BCUT2D eigenvalue weighted by atomic mass is 32.2. The van der Waals surface area contributed by atoms with Gasteiger partial charge in [0.15, 0.2) is 5.17 Å². The zero-order chi connectivity index (χ0) is 10.8. The topological polar surface area (TPSA) is 49.7 Å². The Morgan fingerprint density at radius 3 is 3.07 bits per heavy atom. The maximum atomic E-state index is 11.9. The summed E-state index contributed by atoms with van der Waals surface area (Å²) in [6.07, 6.45) is 2.56. The molecule has 1 atom stereocenters. The van der Waals surface area contributed by atoms with Crippen LogP contribution in [-0.4, -0.2) is 34.2 Å². The van der Waals surface area contributed by atoms with Crippen LogP contribution in [0.3, 0.4) is 0 Å². The molecular formula is C10H14N2O2S. The third kappa shape index (κ3) is 1.93. The number of amidine groups is 1. The van der Waals surface area contributed by atoms with E-state index in [2.05, 4.69) is 11.9 Å². The third-order valence-electron chi connectivity index (χ3n) is 2.69. The Morgan fingerprint density at radius 1 is 1.53 bits per heavy atom. The molecule has 1 unspecified atom stereocenters. The average Bonchev–Trinajstić information content (AvgIpc) is 2.65. The molecule has 0 saturated carbocycles. The Bertz CT molecular complexity index is 327. The fourth-order valence-electron chi connectivity index (χ4n) is 1.82. The van der Waals surface area contributed by atoms with Gasteiger partial charge in [-0.1, -0.05) is 31.5 Å². The lowest BCUT2D eigenvalue weighted by atomic mass is 9.99. The number of carbonyl (C=O) groups is 2. The maximum absolute atomic E-state index is 11.9. The molecule has 0 aromatic carbocycles. The highest BCUT2D eigenvalue weighted by Gasteiger charge is 2.39. The van der Waals surface area contributed by atoms with Gasteiger partial charge >= 0.3 is 0 Å². The van der Waals surface area contributed by atoms with Crippen LogP contribution in [0.5, 0.6) is 0 Å². The number of hydrogen-bond acceptors (Lipinski definition) is 3. The summed E-state index contributed by atoms with van der Waals surface area (Å²) in [5.74, 6) is 0.0724. The van der Waals surface area contributed by atoms with Gasteiger partial charge < -0.3 is 0 Å². The SMILES string of the molecule is CCCCC1C(=O)N=C2SCCN2C1=O. The maximum Gasteiger partial charge on any atom is 0.260 e. The lowest BCUT2D eigenvalue weighted by Gasteiger charge is -2.25. The molecule has 0 aromatic rings. The Morgan fingerprint density at radius 2 is 2.33 bits per heavy atom. The van der Waals surface area contributed by atoms with Crippen LogP contribution in [0.4, 0.5) is 0 Å². The zero-order valence-corrected chi connectivity index (χ0v) is 9.55. The van der Waals surface area contributed by atoms with E-state index in [1.165, 1.54) is 11.8 Å². The molecule has 1 fully saturated rings. The second-order valence-corrected chi connectivity index (χ2v) is 4.83. The molecule has 15 heavy (non-hydrogen) atoms. The number of aliphatic imine (C=N–C) groups is 1. The van der Waals surface area contributed by atoms with E-state index in [-0.39, 0.29) is 11.8 Å². The highest BCUT2D eigenvalue weighted by Crippen LogP contribution is 2.27. The summed E-state index contributed by atoms with van der Waals surface area (Å²) in [7, 11) is 0. The van der Waals surface area contributed by atoms with Crippen LogP contribution in [0.2, 0.25) is 0 Å². The van der Waals surface area contributed by atoms with Crippen LogP contribution in [0, 0.1) is 5.92 Å². The molecule has 0 radical (unpaired) electrons. The molecule has 0 bridgehead atoms. The first-order valence-electron chi connectivity index (χ1n) is 5.30. The lowest BCUT2D eigenvalue weighted by Crippen LogP contribution is -2.44. The fraction of sp³-hybridized carbons (Fsp3) is 0.700. The molecule has 0 aliphatic carbocycles. The highest BCUT2D eigenvalue weighted by molar-refractivity contribution is 8.14. The van der Waals surface area contributed by atoms with Crippen molar-refractivity contribution in [2.24, 2.45) is 10.9 Å². The van der Waals surface area contributed by atoms with Crippen molar-refractivity contribution >= 4 is 28.7 Å². The largest absolute Gasteiger partial charge is 0.290 e. The van der Waals surface area contributed by atoms with Gasteiger partial charge in [0, 0.05) is 12.3 Å². The van der Waals surface area contributed by atoms with E-state index in [1.807, 2.05) is 0 Å². The van der Waals surface area contributed by atoms with Crippen molar-refractivity contribution in [1.82, 2.24) is 4.90 Å². The number of rotatable bonds is 3. The number of thioether (sulfide) groups is 1. The van der Waals surface area contributed by atoms with Gasteiger partial charge in [0.1, 0.15) is 5.92 Å². The van der Waals surface area contributed by atoms with Gasteiger partial charge in [-0.25, -0.2) is 0 Å². The predicted octanol–water partition coefficient (Wildman–Crippen LogP) is 1.26. The normalized spacial score (nSPS) is 25.5. The molecule has 2 aliphatic rings. The van der Waals surface area contributed by atoms with E-state index in [9.17, 15) is 9.59 Å². The zero-order valence-electron chi connectivity index (χ0n) is 8.73. The summed E-state index contributed by atoms with van der Waals surface area (Å²) in [6, 6.07) is 0. The van der Waals surface area contributed by atoms with Crippen molar-refractivity contribution in [1.29, 1.82) is 0 Å². The van der Waals surface area contributed by atoms with Gasteiger partial charge in [-0.2, -0.15) is 4.99 Å². The number of hydrogen-bond donors (Lipinski definition) is 0. The van der Waals surface area contributed by atoms with Gasteiger partial charge in [0.25, 0.3) is 5.91 Å². The second-order valence-electron chi connectivity index (χ2n) is 3.77. The van der Waals surface area contributed by atoms with E-state index >= 15 is 0 Å². The lowest BCUT2D eigenvalue weighted by molar-refractivity contribution is -0.139. The summed E-state index contributed by atoms with van der Waals surface area (Å²) >= 11 is 1.49. The first-order valence-corrected chi connectivity index (χ1v) is 6.29. The van der Waals surface area contributed by atoms with Gasteiger partial charge in [-0.15, -0.1) is 0 Å². The molecule has 1 saturated heterocycles. The van der Waals surface area contributed by atoms with Crippen LogP contribution >= 0.6 is 11.8 Å². The van der Waals surface area contributed by atoms with Gasteiger partial charge in [-0.3, -0.25) is 14.5 Å². The molecule has 2 heterocycles. The van der Waals surface area contributed by atoms with Crippen molar-refractivity contribution < 1.29 is 9.59 Å². The molecule has 2 aliphatic heterocycles. The number of amides is 2. The molecule has 5 heteroatoms. The Hall–Kier alpha value is -0.840. The van der Waals surface area contributed by atoms with Crippen LogP contribution in [-0.2, 0) is 9.59 Å². The van der Waals surface area contributed by atoms with Crippen molar-refractivity contribution in [3.8, 4) is 0 Å². The number of carbonyl (C=O) groups excluding carboxylic acids is 2. The van der Waals surface area contributed by atoms with E-state index in [4.69, 9.17) is 0 Å². The first kappa shape index (κ1) is 10.7. The van der Waals surface area contributed by atoms with Crippen molar-refractivity contribution in [2.45, 2.75) is 26.2 Å². The van der Waals surface area contributed by atoms with E-state index in [0.29, 0.717) is 18.1 Å². The minimum absolute atomic E-state index is 0.0385. The predicted molar refractivity (Wildman–Crippen MR) is 59.6 cm³/mol. The molecule has 0 spiro atoms. The fourth-order valence-corrected chi connectivity index (χ4v) is 2.77. The number of nitrogens with zero attached hydrogens (tertiary/aromatic N) is 2. The molecule has 4 nitrogen and oxygen atoms in total. The molecule has 2 rings (SSSR count). The summed E-state index contributed by atoms with van der Waals surface area (Å²) in [6.45, 7) is 2.76. The van der Waals surface area contributed by atoms with Crippen LogP contribution < -0.4 is 0 Å². The summed E-state index contributed by atoms with van der Waals surface area (Å²) in [4.78, 5) is 29.2. The van der Waals surface area contributed by atoms with E-state index in [1.54, 1.807) is 4.90 Å². The van der Waals surface area contributed by atoms with E-state index < -0.39 is 5.92 Å². The Labute approximate surface area is 93.1 Å². The second kappa shape index (κ2) is 4.35. The summed E-state index contributed by atoms with van der Waals surface area (Å²) in [5, 5.41) is 0.609. The number of unbranched alkanes of at least 4 members (excludes halogenated alkanes) is 1. The van der Waals surface area contributed by atoms with Gasteiger partial charge in [0.2, 0.25) is 5.91 Å². The average molecular weight is 226 g/mol. The van der Waals surface area contributed by atoms with Crippen LogP contribution in [0.25, 0.3) is 0 Å². The smallest absolute Gasteiger partial charge is 0.260 e. The monoisotopic (exact) mass is 226 g/mol. The minimum atomic E-state index is -0.507. The quantitative estimate of drug-likeness (QED) is 0.681. The van der Waals surface area contributed by atoms with Crippen LogP contribution in [0.1, 0.15) is 26.2 Å². The molecule has 2 amide bonds.